The number of nitrogens with zero attached hydrogens (tertiary/aromatic N) is 2. The van der Waals surface area contributed by atoms with Crippen LogP contribution in [0, 0.1) is 5.82 Å². The molecule has 9 heteroatoms. The van der Waals surface area contributed by atoms with Crippen LogP contribution in [-0.2, 0) is 20.9 Å². The van der Waals surface area contributed by atoms with Crippen molar-refractivity contribution < 1.29 is 31.9 Å². The van der Waals surface area contributed by atoms with Gasteiger partial charge in [-0.1, -0.05) is 18.2 Å². The predicted molar refractivity (Wildman–Crippen MR) is 93.2 cm³/mol. The Balaban J connectivity index is 2.14. The summed E-state index contributed by atoms with van der Waals surface area (Å²) in [5, 5.41) is 0. The van der Waals surface area contributed by atoms with Crippen molar-refractivity contribution in [3.8, 4) is 0 Å². The van der Waals surface area contributed by atoms with Gasteiger partial charge in [0, 0.05) is 18.8 Å². The lowest BCUT2D eigenvalue weighted by atomic mass is 10.1. The molecule has 0 aromatic heterocycles. The van der Waals surface area contributed by atoms with Crippen molar-refractivity contribution in [1.29, 1.82) is 0 Å². The molecule has 3 rings (SSSR count). The van der Waals surface area contributed by atoms with Gasteiger partial charge in [-0.2, -0.15) is 13.2 Å². The van der Waals surface area contributed by atoms with Gasteiger partial charge in [-0.3, -0.25) is 9.69 Å². The molecule has 1 amide bonds. The van der Waals surface area contributed by atoms with Crippen molar-refractivity contribution in [1.82, 2.24) is 0 Å². The molecule has 0 bridgehead atoms. The summed E-state index contributed by atoms with van der Waals surface area (Å²) in [4.78, 5) is 26.5. The summed E-state index contributed by atoms with van der Waals surface area (Å²) >= 11 is 0. The lowest BCUT2D eigenvalue weighted by molar-refractivity contribution is -0.171. The van der Waals surface area contributed by atoms with Crippen LogP contribution >= 0.6 is 0 Å². The van der Waals surface area contributed by atoms with Crippen LogP contribution in [0.3, 0.4) is 0 Å². The van der Waals surface area contributed by atoms with E-state index in [0.717, 1.165) is 7.11 Å². The number of carbonyl (C=O) groups is 2. The second-order valence-corrected chi connectivity index (χ2v) is 6.20. The molecule has 5 nitrogen and oxygen atoms in total. The molecule has 0 N–H and O–H groups in total. The highest BCUT2D eigenvalue weighted by Crippen LogP contribution is 2.34. The number of anilines is 2. The average Bonchev–Trinajstić information content (AvgIpc) is 2.83. The zero-order valence-electron chi connectivity index (χ0n) is 14.7. The Morgan fingerprint density at radius 3 is 2.32 bits per heavy atom. The molecule has 1 atom stereocenters. The number of rotatable bonds is 2. The monoisotopic (exact) mass is 396 g/mol. The maximum atomic E-state index is 13.3. The molecule has 2 aromatic carbocycles. The number of hydrogen-bond donors (Lipinski definition) is 0. The zero-order chi connectivity index (χ0) is 20.5. The number of carbonyl (C=O) groups excluding carboxylic acids is 2. The Labute approximate surface area is 158 Å². The van der Waals surface area contributed by atoms with Crippen LogP contribution in [0.4, 0.5) is 28.9 Å². The van der Waals surface area contributed by atoms with Gasteiger partial charge in [-0.15, -0.1) is 0 Å². The molecule has 0 fully saturated rings. The zero-order valence-corrected chi connectivity index (χ0v) is 14.7. The Morgan fingerprint density at radius 2 is 1.71 bits per heavy atom. The maximum Gasteiger partial charge on any atom is 0.471 e. The Hall–Kier alpha value is -3.10. The van der Waals surface area contributed by atoms with Crippen LogP contribution in [-0.4, -0.2) is 37.7 Å². The van der Waals surface area contributed by atoms with E-state index >= 15 is 0 Å². The largest absolute Gasteiger partial charge is 0.471 e. The standard InChI is InChI=1S/C19H16F4N2O3/c1-28-17(26)16-11-24(14-8-6-13(20)7-9-14)10-12-4-2-3-5-15(12)25(16)18(27)19(21,22)23/h2-9,16H,10-11H2,1H3. The Kier molecular flexibility index (Phi) is 5.26. The van der Waals surface area contributed by atoms with Crippen LogP contribution in [0.5, 0.6) is 0 Å². The molecule has 1 aliphatic heterocycles. The van der Waals surface area contributed by atoms with Crippen molar-refractivity contribution in [2.24, 2.45) is 0 Å². The SMILES string of the molecule is COC(=O)C1CN(c2ccc(F)cc2)Cc2ccccc2N1C(=O)C(F)(F)F. The first-order valence-electron chi connectivity index (χ1n) is 8.29. The number of hydrogen-bond acceptors (Lipinski definition) is 4. The number of para-hydroxylation sites is 1. The fraction of sp³-hybridized carbons (Fsp3) is 0.263. The highest BCUT2D eigenvalue weighted by atomic mass is 19.4. The third-order valence-corrected chi connectivity index (χ3v) is 4.44. The van der Waals surface area contributed by atoms with E-state index in [0.29, 0.717) is 16.2 Å². The third-order valence-electron chi connectivity index (χ3n) is 4.44. The van der Waals surface area contributed by atoms with Gasteiger partial charge in [0.2, 0.25) is 0 Å². The first kappa shape index (κ1) is 19.7. The highest BCUT2D eigenvalue weighted by Gasteiger charge is 2.49. The van der Waals surface area contributed by atoms with E-state index in [-0.39, 0.29) is 18.8 Å². The second-order valence-electron chi connectivity index (χ2n) is 6.20. The van der Waals surface area contributed by atoms with Crippen molar-refractivity contribution >= 4 is 23.3 Å². The summed E-state index contributed by atoms with van der Waals surface area (Å²) in [6, 6.07) is 9.81. The number of methoxy groups -OCH3 is 1. The molecule has 28 heavy (non-hydrogen) atoms. The Morgan fingerprint density at radius 1 is 1.07 bits per heavy atom. The van der Waals surface area contributed by atoms with Crippen molar-refractivity contribution in [2.75, 3.05) is 23.5 Å². The minimum absolute atomic E-state index is 0.0233. The number of amides is 1. The minimum atomic E-state index is -5.18. The van der Waals surface area contributed by atoms with Gasteiger partial charge in [0.25, 0.3) is 0 Å². The number of alkyl halides is 3. The molecule has 0 spiro atoms. The van der Waals surface area contributed by atoms with Gasteiger partial charge in [0.05, 0.1) is 12.8 Å². The summed E-state index contributed by atoms with van der Waals surface area (Å²) in [5.74, 6) is -3.62. The number of ether oxygens (including phenoxy) is 1. The quantitative estimate of drug-likeness (QED) is 0.578. The van der Waals surface area contributed by atoms with Crippen molar-refractivity contribution in [2.45, 2.75) is 18.8 Å². The number of esters is 1. The summed E-state index contributed by atoms with van der Waals surface area (Å²) in [7, 11) is 1.04. The highest BCUT2D eigenvalue weighted by molar-refractivity contribution is 6.03. The van der Waals surface area contributed by atoms with E-state index in [1.807, 2.05) is 0 Å². The molecule has 0 aliphatic carbocycles. The number of halogens is 4. The first-order chi connectivity index (χ1) is 13.2. The van der Waals surface area contributed by atoms with Gasteiger partial charge in [-0.05, 0) is 35.9 Å². The summed E-state index contributed by atoms with van der Waals surface area (Å²) in [6.45, 7) is -0.133. The van der Waals surface area contributed by atoms with E-state index in [1.54, 1.807) is 17.0 Å². The van der Waals surface area contributed by atoms with Crippen LogP contribution in [0.25, 0.3) is 0 Å². The van der Waals surface area contributed by atoms with Crippen molar-refractivity contribution in [3.63, 3.8) is 0 Å². The van der Waals surface area contributed by atoms with Crippen LogP contribution in [0.15, 0.2) is 48.5 Å². The van der Waals surface area contributed by atoms with Gasteiger partial charge in [0.15, 0.2) is 6.04 Å². The third kappa shape index (κ3) is 3.78. The van der Waals surface area contributed by atoms with E-state index in [2.05, 4.69) is 4.74 Å². The van der Waals surface area contributed by atoms with Crippen LogP contribution in [0.1, 0.15) is 5.56 Å². The van der Waals surface area contributed by atoms with E-state index in [9.17, 15) is 27.2 Å². The molecule has 0 saturated heterocycles. The van der Waals surface area contributed by atoms with Gasteiger partial charge in [-0.25, -0.2) is 9.18 Å². The second kappa shape index (κ2) is 7.49. The van der Waals surface area contributed by atoms with Crippen LogP contribution < -0.4 is 9.80 Å². The summed E-state index contributed by atoms with van der Waals surface area (Å²) in [5.41, 5.74) is 0.882. The molecule has 1 heterocycles. The summed E-state index contributed by atoms with van der Waals surface area (Å²) in [6.07, 6.45) is -5.18. The lowest BCUT2D eigenvalue weighted by Crippen LogP contribution is -2.54. The van der Waals surface area contributed by atoms with E-state index < -0.39 is 29.9 Å². The lowest BCUT2D eigenvalue weighted by Gasteiger charge is -2.31. The minimum Gasteiger partial charge on any atom is -0.467 e. The molecular formula is C19H16F4N2O3. The predicted octanol–water partition coefficient (Wildman–Crippen LogP) is 3.28. The van der Waals surface area contributed by atoms with Crippen LogP contribution in [0.2, 0.25) is 0 Å². The summed E-state index contributed by atoms with van der Waals surface area (Å²) < 4.78 is 57.7. The number of fused-ring (bicyclic) bond motifs is 1. The molecule has 1 unspecified atom stereocenters. The fourth-order valence-electron chi connectivity index (χ4n) is 3.16. The number of benzene rings is 2. The fourth-order valence-corrected chi connectivity index (χ4v) is 3.16. The smallest absolute Gasteiger partial charge is 0.467 e. The molecule has 2 aromatic rings. The maximum absolute atomic E-state index is 13.3. The molecule has 1 aliphatic rings. The molecule has 148 valence electrons. The van der Waals surface area contributed by atoms with E-state index in [4.69, 9.17) is 0 Å². The normalized spacial score (nSPS) is 17.0. The molecular weight excluding hydrogens is 380 g/mol. The van der Waals surface area contributed by atoms with Crippen molar-refractivity contribution in [3.05, 3.63) is 59.9 Å². The first-order valence-corrected chi connectivity index (χ1v) is 8.29. The topological polar surface area (TPSA) is 49.9 Å². The average molecular weight is 396 g/mol. The Bertz CT molecular complexity index is 883. The van der Waals surface area contributed by atoms with Gasteiger partial charge >= 0.3 is 18.1 Å². The van der Waals surface area contributed by atoms with Gasteiger partial charge < -0.3 is 9.64 Å². The molecule has 0 radical (unpaired) electrons. The molecule has 0 saturated carbocycles. The van der Waals surface area contributed by atoms with Gasteiger partial charge in [0.1, 0.15) is 5.82 Å². The van der Waals surface area contributed by atoms with E-state index in [1.165, 1.54) is 36.4 Å².